The van der Waals surface area contributed by atoms with Crippen molar-refractivity contribution >= 4 is 46.9 Å². The summed E-state index contributed by atoms with van der Waals surface area (Å²) in [5.41, 5.74) is 1.38. The zero-order valence-electron chi connectivity index (χ0n) is 17.5. The predicted molar refractivity (Wildman–Crippen MR) is 125 cm³/mol. The van der Waals surface area contributed by atoms with E-state index in [4.69, 9.17) is 5.11 Å². The third-order valence-electron chi connectivity index (χ3n) is 4.64. The van der Waals surface area contributed by atoms with Crippen LogP contribution in [-0.2, 0) is 4.79 Å². The lowest BCUT2D eigenvalue weighted by Crippen LogP contribution is -2.17. The van der Waals surface area contributed by atoms with Gasteiger partial charge in [-0.15, -0.1) is 11.8 Å². The Balaban J connectivity index is 1.61. The number of rotatable bonds is 8. The zero-order valence-corrected chi connectivity index (χ0v) is 18.3. The van der Waals surface area contributed by atoms with Crippen molar-refractivity contribution in [2.75, 3.05) is 16.4 Å². The molecule has 0 aromatic heterocycles. The molecule has 0 bridgehead atoms. The van der Waals surface area contributed by atoms with Crippen LogP contribution in [0.25, 0.3) is 0 Å². The molecular weight excluding hydrogens is 444 g/mol. The molecule has 3 aromatic rings. The molecule has 2 amide bonds. The molecule has 0 aliphatic carbocycles. The van der Waals surface area contributed by atoms with Crippen molar-refractivity contribution in [2.24, 2.45) is 0 Å². The van der Waals surface area contributed by atoms with Gasteiger partial charge in [0.25, 0.3) is 5.91 Å². The van der Waals surface area contributed by atoms with E-state index in [1.54, 1.807) is 24.3 Å². The predicted octanol–water partition coefficient (Wildman–Crippen LogP) is 4.37. The van der Waals surface area contributed by atoms with Gasteiger partial charge in [0.1, 0.15) is 0 Å². The Hall–Kier alpha value is -4.11. The van der Waals surface area contributed by atoms with Gasteiger partial charge in [0.05, 0.1) is 22.4 Å². The van der Waals surface area contributed by atoms with E-state index in [9.17, 15) is 24.3 Å². The maximum absolute atomic E-state index is 12.5. The van der Waals surface area contributed by atoms with E-state index in [0.29, 0.717) is 5.69 Å². The number of benzene rings is 3. The van der Waals surface area contributed by atoms with Crippen molar-refractivity contribution in [2.45, 2.75) is 11.8 Å². The summed E-state index contributed by atoms with van der Waals surface area (Å²) in [6, 6.07) is 17.5. The van der Waals surface area contributed by atoms with Crippen molar-refractivity contribution in [3.63, 3.8) is 0 Å². The Morgan fingerprint density at radius 1 is 0.818 bits per heavy atom. The highest BCUT2D eigenvalue weighted by atomic mass is 32.2. The first-order valence-electron chi connectivity index (χ1n) is 9.75. The first kappa shape index (κ1) is 23.6. The average molecular weight is 464 g/mol. The van der Waals surface area contributed by atoms with Crippen molar-refractivity contribution < 1.29 is 29.4 Å². The molecule has 0 atom stereocenters. The number of carbonyl (C=O) groups excluding carboxylic acids is 2. The van der Waals surface area contributed by atoms with Gasteiger partial charge in [-0.05, 0) is 61.0 Å². The van der Waals surface area contributed by atoms with E-state index in [1.807, 2.05) is 31.2 Å². The lowest BCUT2D eigenvalue weighted by Gasteiger charge is -2.10. The SMILES string of the molecule is Cc1ccccc1NC(=O)CSc1ccc(NC(=O)c2ccc(C(=O)O)cc2C(=O)O)cc1. The van der Waals surface area contributed by atoms with E-state index in [-0.39, 0.29) is 22.8 Å². The standard InChI is InChI=1S/C24H20N2O6S/c1-14-4-2-3-5-20(14)26-21(27)13-33-17-9-7-16(8-10-17)25-22(28)18-11-6-15(23(29)30)12-19(18)24(31)32/h2-12H,13H2,1H3,(H,25,28)(H,26,27)(H,29,30)(H,31,32). The van der Waals surface area contributed by atoms with Crippen LogP contribution in [0, 0.1) is 6.92 Å². The number of hydrogen-bond donors (Lipinski definition) is 4. The third-order valence-corrected chi connectivity index (χ3v) is 5.65. The van der Waals surface area contributed by atoms with Crippen molar-refractivity contribution in [1.29, 1.82) is 0 Å². The fourth-order valence-electron chi connectivity index (χ4n) is 2.93. The second-order valence-electron chi connectivity index (χ2n) is 7.00. The number of amides is 2. The molecule has 0 saturated carbocycles. The number of anilines is 2. The monoisotopic (exact) mass is 464 g/mol. The van der Waals surface area contributed by atoms with Crippen LogP contribution < -0.4 is 10.6 Å². The Morgan fingerprint density at radius 3 is 2.15 bits per heavy atom. The lowest BCUT2D eigenvalue weighted by molar-refractivity contribution is -0.113. The van der Waals surface area contributed by atoms with Crippen LogP contribution in [0.4, 0.5) is 11.4 Å². The van der Waals surface area contributed by atoms with Crippen molar-refractivity contribution in [1.82, 2.24) is 0 Å². The van der Waals surface area contributed by atoms with E-state index in [1.165, 1.54) is 23.9 Å². The second-order valence-corrected chi connectivity index (χ2v) is 8.05. The fourth-order valence-corrected chi connectivity index (χ4v) is 3.63. The van der Waals surface area contributed by atoms with E-state index in [2.05, 4.69) is 10.6 Å². The number of nitrogens with one attached hydrogen (secondary N) is 2. The van der Waals surface area contributed by atoms with Crippen LogP contribution >= 0.6 is 11.8 Å². The van der Waals surface area contributed by atoms with Gasteiger partial charge in [0, 0.05) is 16.3 Å². The molecule has 4 N–H and O–H groups in total. The van der Waals surface area contributed by atoms with Gasteiger partial charge in [-0.3, -0.25) is 9.59 Å². The molecule has 0 unspecified atom stereocenters. The summed E-state index contributed by atoms with van der Waals surface area (Å²) in [7, 11) is 0. The minimum absolute atomic E-state index is 0.141. The fraction of sp³-hybridized carbons (Fsp3) is 0.0833. The van der Waals surface area contributed by atoms with Crippen LogP contribution in [0.1, 0.15) is 36.6 Å². The first-order chi connectivity index (χ1) is 15.7. The van der Waals surface area contributed by atoms with Crippen LogP contribution in [0.2, 0.25) is 0 Å². The third kappa shape index (κ3) is 6.20. The van der Waals surface area contributed by atoms with E-state index in [0.717, 1.165) is 22.2 Å². The van der Waals surface area contributed by atoms with Gasteiger partial charge >= 0.3 is 11.9 Å². The number of carboxylic acids is 2. The Kier molecular flexibility index (Phi) is 7.47. The van der Waals surface area contributed by atoms with Crippen LogP contribution in [0.5, 0.6) is 0 Å². The summed E-state index contributed by atoms with van der Waals surface area (Å²) in [4.78, 5) is 48.1. The molecule has 0 radical (unpaired) electrons. The number of aromatic carboxylic acids is 2. The van der Waals surface area contributed by atoms with Gasteiger partial charge in [-0.25, -0.2) is 9.59 Å². The summed E-state index contributed by atoms with van der Waals surface area (Å²) < 4.78 is 0. The summed E-state index contributed by atoms with van der Waals surface area (Å²) in [5.74, 6) is -3.30. The Bertz CT molecular complexity index is 1220. The van der Waals surface area contributed by atoms with Crippen molar-refractivity contribution in [3.8, 4) is 0 Å². The number of thioether (sulfide) groups is 1. The maximum Gasteiger partial charge on any atom is 0.336 e. The molecule has 0 heterocycles. The van der Waals surface area contributed by atoms with Crippen LogP contribution in [0.15, 0.2) is 71.6 Å². The van der Waals surface area contributed by atoms with Crippen molar-refractivity contribution in [3.05, 3.63) is 89.0 Å². The van der Waals surface area contributed by atoms with Crippen LogP contribution in [0.3, 0.4) is 0 Å². The molecule has 0 aliphatic rings. The van der Waals surface area contributed by atoms with E-state index < -0.39 is 23.4 Å². The zero-order chi connectivity index (χ0) is 24.0. The van der Waals surface area contributed by atoms with Gasteiger partial charge in [-0.2, -0.15) is 0 Å². The molecule has 0 saturated heterocycles. The number of aryl methyl sites for hydroxylation is 1. The average Bonchev–Trinajstić information content (AvgIpc) is 2.79. The minimum Gasteiger partial charge on any atom is -0.478 e. The molecule has 3 rings (SSSR count). The molecule has 0 fully saturated rings. The molecule has 0 aliphatic heterocycles. The number of hydrogen-bond acceptors (Lipinski definition) is 5. The molecular formula is C24H20N2O6S. The van der Waals surface area contributed by atoms with Gasteiger partial charge < -0.3 is 20.8 Å². The Labute approximate surface area is 193 Å². The maximum atomic E-state index is 12.5. The summed E-state index contributed by atoms with van der Waals surface area (Å²) in [6.45, 7) is 1.91. The van der Waals surface area contributed by atoms with Gasteiger partial charge in [0.2, 0.25) is 5.91 Å². The highest BCUT2D eigenvalue weighted by Crippen LogP contribution is 2.22. The topological polar surface area (TPSA) is 133 Å². The molecule has 8 nitrogen and oxygen atoms in total. The highest BCUT2D eigenvalue weighted by Gasteiger charge is 2.19. The molecule has 9 heteroatoms. The summed E-state index contributed by atoms with van der Waals surface area (Å²) >= 11 is 1.33. The molecule has 168 valence electrons. The number of carboxylic acid groups (broad SMARTS) is 2. The minimum atomic E-state index is -1.40. The largest absolute Gasteiger partial charge is 0.478 e. The quantitative estimate of drug-likeness (QED) is 0.364. The first-order valence-corrected chi connectivity index (χ1v) is 10.7. The summed E-state index contributed by atoms with van der Waals surface area (Å²) in [6.07, 6.45) is 0. The normalized spacial score (nSPS) is 10.3. The molecule has 33 heavy (non-hydrogen) atoms. The molecule has 3 aromatic carbocycles. The number of para-hydroxylation sites is 1. The summed E-state index contributed by atoms with van der Waals surface area (Å²) in [5, 5.41) is 23.8. The highest BCUT2D eigenvalue weighted by molar-refractivity contribution is 8.00. The lowest BCUT2D eigenvalue weighted by atomic mass is 10.0. The Morgan fingerprint density at radius 2 is 1.52 bits per heavy atom. The number of carbonyl (C=O) groups is 4. The molecule has 0 spiro atoms. The van der Waals surface area contributed by atoms with E-state index >= 15 is 0 Å². The van der Waals surface area contributed by atoms with Gasteiger partial charge in [-0.1, -0.05) is 18.2 Å². The van der Waals surface area contributed by atoms with Crippen LogP contribution in [-0.4, -0.2) is 39.7 Å². The second kappa shape index (κ2) is 10.5. The van der Waals surface area contributed by atoms with Gasteiger partial charge in [0.15, 0.2) is 0 Å². The smallest absolute Gasteiger partial charge is 0.336 e.